The van der Waals surface area contributed by atoms with E-state index in [1.807, 2.05) is 19.1 Å². The van der Waals surface area contributed by atoms with Gasteiger partial charge in [-0.3, -0.25) is 4.79 Å². The zero-order chi connectivity index (χ0) is 15.6. The molecule has 0 saturated carbocycles. The van der Waals surface area contributed by atoms with Crippen molar-refractivity contribution in [2.75, 3.05) is 0 Å². The third-order valence-electron chi connectivity index (χ3n) is 3.26. The van der Waals surface area contributed by atoms with Crippen LogP contribution in [0.3, 0.4) is 0 Å². The molecule has 106 valence electrons. The predicted molar refractivity (Wildman–Crippen MR) is 75.0 cm³/mol. The molecule has 1 atom stereocenters. The monoisotopic (exact) mass is 285 g/mol. The summed E-state index contributed by atoms with van der Waals surface area (Å²) < 4.78 is 26.5. The second kappa shape index (κ2) is 5.84. The summed E-state index contributed by atoms with van der Waals surface area (Å²) in [4.78, 5) is 12.5. The lowest BCUT2D eigenvalue weighted by Gasteiger charge is -2.11. The fourth-order valence-electron chi connectivity index (χ4n) is 2.27. The normalized spacial score (nSPS) is 11.8. The molecule has 0 spiro atoms. The Morgan fingerprint density at radius 3 is 2.24 bits per heavy atom. The maximum atomic E-state index is 13.3. The van der Waals surface area contributed by atoms with Crippen molar-refractivity contribution in [1.29, 1.82) is 5.26 Å². The number of halogens is 2. The lowest BCUT2D eigenvalue weighted by atomic mass is 9.89. The highest BCUT2D eigenvalue weighted by Crippen LogP contribution is 2.24. The number of Topliss-reactive ketones (excluding diaryl/α,β-unsaturated/α-hetero) is 1. The van der Waals surface area contributed by atoms with E-state index in [1.165, 1.54) is 0 Å². The number of nitriles is 1. The minimum Gasteiger partial charge on any atom is -0.292 e. The largest absolute Gasteiger partial charge is 0.292 e. The molecule has 0 heterocycles. The lowest BCUT2D eigenvalue weighted by molar-refractivity contribution is 0.0978. The van der Waals surface area contributed by atoms with E-state index in [1.54, 1.807) is 19.1 Å². The number of rotatable bonds is 3. The summed E-state index contributed by atoms with van der Waals surface area (Å²) in [5.74, 6) is -3.30. The van der Waals surface area contributed by atoms with E-state index in [0.29, 0.717) is 11.6 Å². The molecule has 0 bridgehead atoms. The Morgan fingerprint density at radius 1 is 1.10 bits per heavy atom. The molecular formula is C17H13F2NO. The Hall–Kier alpha value is -2.54. The molecule has 0 N–H and O–H groups in total. The second-order valence-electron chi connectivity index (χ2n) is 4.95. The first kappa shape index (κ1) is 14.9. The minimum atomic E-state index is -1.23. The number of ketones is 1. The lowest BCUT2D eigenvalue weighted by Crippen LogP contribution is -2.13. The minimum absolute atomic E-state index is 0.0278. The van der Waals surface area contributed by atoms with Gasteiger partial charge in [0.15, 0.2) is 5.78 Å². The molecule has 0 radical (unpaired) electrons. The van der Waals surface area contributed by atoms with E-state index in [9.17, 15) is 18.8 Å². The fourth-order valence-corrected chi connectivity index (χ4v) is 2.27. The second-order valence-corrected chi connectivity index (χ2v) is 4.95. The van der Waals surface area contributed by atoms with Crippen molar-refractivity contribution in [2.45, 2.75) is 19.8 Å². The first-order valence-corrected chi connectivity index (χ1v) is 6.39. The van der Waals surface area contributed by atoms with E-state index in [-0.39, 0.29) is 5.56 Å². The Balaban J connectivity index is 2.46. The maximum absolute atomic E-state index is 13.3. The maximum Gasteiger partial charge on any atom is 0.184 e. The van der Waals surface area contributed by atoms with Gasteiger partial charge in [0.2, 0.25) is 0 Å². The molecule has 2 aromatic rings. The predicted octanol–water partition coefficient (Wildman–Crippen LogP) is 4.07. The third kappa shape index (κ3) is 3.14. The van der Waals surface area contributed by atoms with E-state index in [2.05, 4.69) is 0 Å². The van der Waals surface area contributed by atoms with E-state index in [0.717, 1.165) is 23.3 Å². The molecule has 2 rings (SSSR count). The summed E-state index contributed by atoms with van der Waals surface area (Å²) in [6.45, 7) is 3.66. The highest BCUT2D eigenvalue weighted by atomic mass is 19.1. The molecule has 4 heteroatoms. The van der Waals surface area contributed by atoms with Gasteiger partial charge in [-0.05, 0) is 37.1 Å². The van der Waals surface area contributed by atoms with Crippen LogP contribution >= 0.6 is 0 Å². The van der Waals surface area contributed by atoms with Gasteiger partial charge >= 0.3 is 0 Å². The van der Waals surface area contributed by atoms with Crippen LogP contribution in [-0.4, -0.2) is 5.78 Å². The van der Waals surface area contributed by atoms with Gasteiger partial charge in [-0.1, -0.05) is 23.8 Å². The molecule has 0 aromatic heterocycles. The van der Waals surface area contributed by atoms with Crippen LogP contribution in [0.2, 0.25) is 0 Å². The van der Waals surface area contributed by atoms with Crippen molar-refractivity contribution in [3.8, 4) is 6.07 Å². The van der Waals surface area contributed by atoms with Crippen LogP contribution in [0.25, 0.3) is 0 Å². The number of carbonyl (C=O) groups is 1. The molecule has 0 amide bonds. The summed E-state index contributed by atoms with van der Waals surface area (Å²) in [5, 5.41) is 9.22. The van der Waals surface area contributed by atoms with Gasteiger partial charge in [-0.15, -0.1) is 0 Å². The molecule has 0 aliphatic carbocycles. The quantitative estimate of drug-likeness (QED) is 0.797. The Bertz CT molecular complexity index is 727. The van der Waals surface area contributed by atoms with E-state index < -0.39 is 23.3 Å². The molecule has 0 aliphatic heterocycles. The molecule has 2 nitrogen and oxygen atoms in total. The number of aryl methyl sites for hydroxylation is 2. The molecule has 0 aliphatic rings. The first-order chi connectivity index (χ1) is 9.92. The van der Waals surface area contributed by atoms with Crippen molar-refractivity contribution >= 4 is 5.78 Å². The van der Waals surface area contributed by atoms with Crippen LogP contribution in [0, 0.1) is 36.8 Å². The summed E-state index contributed by atoms with van der Waals surface area (Å²) in [6, 6.07) is 9.79. The van der Waals surface area contributed by atoms with Crippen molar-refractivity contribution in [1.82, 2.24) is 0 Å². The number of hydrogen-bond donors (Lipinski definition) is 0. The van der Waals surface area contributed by atoms with Crippen LogP contribution in [0.15, 0.2) is 36.4 Å². The van der Waals surface area contributed by atoms with E-state index >= 15 is 0 Å². The number of nitrogens with zero attached hydrogens (tertiary/aromatic N) is 1. The van der Waals surface area contributed by atoms with Gasteiger partial charge in [0.1, 0.15) is 17.6 Å². The van der Waals surface area contributed by atoms with Gasteiger partial charge in [0.05, 0.1) is 6.07 Å². The first-order valence-electron chi connectivity index (χ1n) is 6.39. The summed E-state index contributed by atoms with van der Waals surface area (Å²) in [6.07, 6.45) is 0. The van der Waals surface area contributed by atoms with Gasteiger partial charge < -0.3 is 0 Å². The molecule has 21 heavy (non-hydrogen) atoms. The third-order valence-corrected chi connectivity index (χ3v) is 3.26. The van der Waals surface area contributed by atoms with Gasteiger partial charge in [0, 0.05) is 11.6 Å². The fraction of sp³-hybridized carbons (Fsp3) is 0.176. The number of benzene rings is 2. The average Bonchev–Trinajstić information content (AvgIpc) is 2.38. The van der Waals surface area contributed by atoms with Crippen molar-refractivity contribution < 1.29 is 13.6 Å². The average molecular weight is 285 g/mol. The Kier molecular flexibility index (Phi) is 4.13. The topological polar surface area (TPSA) is 40.9 Å². The van der Waals surface area contributed by atoms with Gasteiger partial charge in [-0.25, -0.2) is 8.78 Å². The van der Waals surface area contributed by atoms with Crippen LogP contribution in [0.5, 0.6) is 0 Å². The SMILES string of the molecule is Cc1ccc(C(=O)C(C#N)c2cc(F)cc(F)c2)c(C)c1. The highest BCUT2D eigenvalue weighted by Gasteiger charge is 2.24. The number of carbonyl (C=O) groups excluding carboxylic acids is 1. The van der Waals surface area contributed by atoms with Gasteiger partial charge in [-0.2, -0.15) is 5.26 Å². The van der Waals surface area contributed by atoms with E-state index in [4.69, 9.17) is 0 Å². The summed E-state index contributed by atoms with van der Waals surface area (Å²) >= 11 is 0. The zero-order valence-corrected chi connectivity index (χ0v) is 11.7. The van der Waals surface area contributed by atoms with Crippen LogP contribution < -0.4 is 0 Å². The van der Waals surface area contributed by atoms with Crippen LogP contribution in [0.4, 0.5) is 8.78 Å². The van der Waals surface area contributed by atoms with Crippen molar-refractivity contribution in [2.24, 2.45) is 0 Å². The molecule has 0 fully saturated rings. The smallest absolute Gasteiger partial charge is 0.184 e. The Morgan fingerprint density at radius 2 is 1.71 bits per heavy atom. The summed E-state index contributed by atoms with van der Waals surface area (Å²) in [7, 11) is 0. The Labute approximate surface area is 121 Å². The van der Waals surface area contributed by atoms with Crippen LogP contribution in [0.1, 0.15) is 33.0 Å². The molecule has 2 aromatic carbocycles. The van der Waals surface area contributed by atoms with Crippen molar-refractivity contribution in [3.05, 3.63) is 70.3 Å². The van der Waals surface area contributed by atoms with Crippen molar-refractivity contribution in [3.63, 3.8) is 0 Å². The highest BCUT2D eigenvalue weighted by molar-refractivity contribution is 6.03. The zero-order valence-electron chi connectivity index (χ0n) is 11.7. The molecule has 1 unspecified atom stereocenters. The number of hydrogen-bond acceptors (Lipinski definition) is 2. The van der Waals surface area contributed by atoms with Crippen LogP contribution in [-0.2, 0) is 0 Å². The molecule has 0 saturated heterocycles. The van der Waals surface area contributed by atoms with Gasteiger partial charge in [0.25, 0.3) is 0 Å². The summed E-state index contributed by atoms with van der Waals surface area (Å²) in [5.41, 5.74) is 2.14. The standard InChI is InChI=1S/C17H13F2NO/c1-10-3-4-15(11(2)5-10)17(21)16(9-20)12-6-13(18)8-14(19)7-12/h3-8,16H,1-2H3. The molecular weight excluding hydrogens is 272 g/mol.